The van der Waals surface area contributed by atoms with Crippen molar-refractivity contribution in [3.05, 3.63) is 12.7 Å². The molecule has 0 N–H and O–H groups in total. The van der Waals surface area contributed by atoms with Gasteiger partial charge in [-0.3, -0.25) is 38.5 Å². The number of Topliss-reactive ketones (excluding diaryl/α,β-unsaturated/α-hetero) is 4. The zero-order valence-corrected chi connectivity index (χ0v) is 33.2. The number of carbonyl (C=O) groups is 7. The molecule has 3 amide bonds. The maximum atomic E-state index is 14.7. The fraction of sp³-hybridized carbons (Fsp3) is 0.791. The third-order valence-electron chi connectivity index (χ3n) is 13.7. The summed E-state index contributed by atoms with van der Waals surface area (Å²) in [4.78, 5) is 99.0. The van der Waals surface area contributed by atoms with E-state index in [4.69, 9.17) is 4.74 Å². The smallest absolute Gasteiger partial charge is 0.232 e. The Labute approximate surface area is 316 Å². The summed E-state index contributed by atoms with van der Waals surface area (Å²) in [6.07, 6.45) is 8.24. The van der Waals surface area contributed by atoms with E-state index < -0.39 is 35.5 Å². The molecule has 3 aliphatic heterocycles. The summed E-state index contributed by atoms with van der Waals surface area (Å²) in [5.41, 5.74) is -0.535. The third-order valence-corrected chi connectivity index (χ3v) is 13.7. The van der Waals surface area contributed by atoms with Crippen molar-refractivity contribution in [3.8, 4) is 0 Å². The van der Waals surface area contributed by atoms with Gasteiger partial charge in [-0.05, 0) is 74.0 Å². The number of ketones is 4. The summed E-state index contributed by atoms with van der Waals surface area (Å²) in [5, 5.41) is 0. The molecule has 2 bridgehead atoms. The van der Waals surface area contributed by atoms with Crippen molar-refractivity contribution < 1.29 is 38.3 Å². The molecule has 294 valence electrons. The minimum Gasteiger partial charge on any atom is -0.378 e. The second-order valence-electron chi connectivity index (χ2n) is 18.6. The van der Waals surface area contributed by atoms with Crippen LogP contribution in [-0.2, 0) is 38.3 Å². The van der Waals surface area contributed by atoms with Crippen molar-refractivity contribution in [1.29, 1.82) is 0 Å². The fourth-order valence-corrected chi connectivity index (χ4v) is 9.86. The highest BCUT2D eigenvalue weighted by Gasteiger charge is 2.69. The largest absolute Gasteiger partial charge is 0.378 e. The van der Waals surface area contributed by atoms with Gasteiger partial charge in [0.1, 0.15) is 5.78 Å². The molecule has 0 spiro atoms. The maximum Gasteiger partial charge on any atom is 0.232 e. The molecule has 10 heteroatoms. The molecule has 0 aromatic carbocycles. The zero-order chi connectivity index (χ0) is 38.8. The van der Waals surface area contributed by atoms with Gasteiger partial charge in [0.05, 0.1) is 18.1 Å². The summed E-state index contributed by atoms with van der Waals surface area (Å²) in [6, 6.07) is -0.729. The van der Waals surface area contributed by atoms with Crippen molar-refractivity contribution in [2.24, 2.45) is 52.3 Å². The van der Waals surface area contributed by atoms with Crippen LogP contribution in [0.3, 0.4) is 0 Å². The molecular weight excluding hydrogens is 672 g/mol. The van der Waals surface area contributed by atoms with Crippen LogP contribution in [-0.4, -0.2) is 82.5 Å². The van der Waals surface area contributed by atoms with Crippen LogP contribution in [0.5, 0.6) is 0 Å². The molecule has 2 saturated carbocycles. The highest BCUT2D eigenvalue weighted by atomic mass is 16.5. The SMILES string of the molecule is C=CCCC(=O)C(=O)[C@@H]1CCCCCCCO[C@@H](C)[C@H](CC(=O)C[C@H](CN2C(=O)C3CCC(C3)C2=O)C(C)(C)C)C(=O)N2C[C@H]3[C@@H]([C@H]2C(=O)C1)C3(C)C. The van der Waals surface area contributed by atoms with Gasteiger partial charge in [-0.1, -0.05) is 66.4 Å². The average Bonchev–Trinajstić information content (AvgIpc) is 3.48. The predicted molar refractivity (Wildman–Crippen MR) is 200 cm³/mol. The Morgan fingerprint density at radius 1 is 0.943 bits per heavy atom. The molecule has 5 rings (SSSR count). The van der Waals surface area contributed by atoms with Crippen LogP contribution in [0.1, 0.15) is 131 Å². The van der Waals surface area contributed by atoms with E-state index in [1.807, 2.05) is 27.7 Å². The van der Waals surface area contributed by atoms with Gasteiger partial charge in [0.25, 0.3) is 0 Å². The Hall–Kier alpha value is -3.01. The maximum absolute atomic E-state index is 14.7. The highest BCUT2D eigenvalue weighted by molar-refractivity contribution is 6.38. The van der Waals surface area contributed by atoms with Gasteiger partial charge < -0.3 is 9.64 Å². The van der Waals surface area contributed by atoms with Gasteiger partial charge in [-0.25, -0.2) is 0 Å². The Morgan fingerprint density at radius 2 is 1.58 bits per heavy atom. The van der Waals surface area contributed by atoms with Crippen molar-refractivity contribution in [3.63, 3.8) is 0 Å². The Kier molecular flexibility index (Phi) is 13.0. The summed E-state index contributed by atoms with van der Waals surface area (Å²) in [6.45, 7) is 16.8. The van der Waals surface area contributed by atoms with Gasteiger partial charge >= 0.3 is 0 Å². The summed E-state index contributed by atoms with van der Waals surface area (Å²) in [5.74, 6) is -3.84. The van der Waals surface area contributed by atoms with E-state index in [1.165, 1.54) is 4.90 Å². The lowest BCUT2D eigenvalue weighted by Gasteiger charge is -2.38. The molecule has 2 unspecified atom stereocenters. The van der Waals surface area contributed by atoms with Crippen LogP contribution >= 0.6 is 0 Å². The first-order valence-electron chi connectivity index (χ1n) is 20.5. The molecule has 10 nitrogen and oxygen atoms in total. The number of hydrogen-bond donors (Lipinski definition) is 0. The predicted octanol–water partition coefficient (Wildman–Crippen LogP) is 6.32. The molecule has 9 atom stereocenters. The first kappa shape index (κ1) is 41.2. The first-order chi connectivity index (χ1) is 25.0. The van der Waals surface area contributed by atoms with Gasteiger partial charge in [-0.15, -0.1) is 6.58 Å². The fourth-order valence-electron chi connectivity index (χ4n) is 9.86. The van der Waals surface area contributed by atoms with Crippen molar-refractivity contribution in [2.75, 3.05) is 19.7 Å². The van der Waals surface area contributed by atoms with E-state index in [2.05, 4.69) is 20.4 Å². The normalized spacial score (nSPS) is 32.9. The van der Waals surface area contributed by atoms with E-state index in [1.54, 1.807) is 11.0 Å². The monoisotopic (exact) mass is 736 g/mol. The summed E-state index contributed by atoms with van der Waals surface area (Å²) >= 11 is 0. The van der Waals surface area contributed by atoms with Crippen LogP contribution in [0.2, 0.25) is 0 Å². The number of rotatable bonds is 11. The van der Waals surface area contributed by atoms with E-state index in [0.29, 0.717) is 32.4 Å². The van der Waals surface area contributed by atoms with Gasteiger partial charge in [0.15, 0.2) is 11.6 Å². The van der Waals surface area contributed by atoms with Gasteiger partial charge in [0.2, 0.25) is 23.5 Å². The lowest BCUT2D eigenvalue weighted by molar-refractivity contribution is -0.154. The first-order valence-corrected chi connectivity index (χ1v) is 20.5. The molecule has 5 aliphatic rings. The molecule has 5 fully saturated rings. The number of ether oxygens (including phenoxy) is 1. The van der Waals surface area contributed by atoms with Gasteiger partial charge in [-0.2, -0.15) is 0 Å². The van der Waals surface area contributed by atoms with Crippen molar-refractivity contribution in [1.82, 2.24) is 9.80 Å². The van der Waals surface area contributed by atoms with Crippen LogP contribution in [0.15, 0.2) is 12.7 Å². The molecule has 53 heavy (non-hydrogen) atoms. The van der Waals surface area contributed by atoms with Crippen molar-refractivity contribution >= 4 is 40.9 Å². The number of imide groups is 1. The molecule has 3 saturated heterocycles. The minimum absolute atomic E-state index is 0.0576. The van der Waals surface area contributed by atoms with Crippen LogP contribution < -0.4 is 0 Å². The quantitative estimate of drug-likeness (QED) is 0.137. The Morgan fingerprint density at radius 3 is 2.23 bits per heavy atom. The van der Waals surface area contributed by atoms with E-state index in [9.17, 15) is 33.6 Å². The molecule has 3 heterocycles. The topological polar surface area (TPSA) is 135 Å². The van der Waals surface area contributed by atoms with E-state index >= 15 is 0 Å². The molecule has 0 aromatic heterocycles. The van der Waals surface area contributed by atoms with Gasteiger partial charge in [0, 0.05) is 63.1 Å². The standard InChI is InChI=1S/C43H64N2O8/c1-8-9-16-34(47)38(49)27-15-13-11-10-12-14-19-53-26(2)32(41(52)44-25-33-36(43(33,6)7)37(44)35(48)21-27)23-31(46)22-30(42(3,4)5)24-45-39(50)28-17-18-29(20-28)40(45)51/h8,26-30,32-33,36-37H,1,9-25H2,2-7H3/t26-,27+,28?,29?,30+,32-,33-,36-,37+/m0/s1. The lowest BCUT2D eigenvalue weighted by atomic mass is 9.76. The number of fused-ring (bicyclic) bond motifs is 5. The number of piperidine rings is 2. The Balaban J connectivity index is 1.37. The molecule has 0 aromatic rings. The molecule has 0 radical (unpaired) electrons. The van der Waals surface area contributed by atoms with E-state index in [0.717, 1.165) is 44.9 Å². The van der Waals surface area contributed by atoms with Crippen LogP contribution in [0, 0.1) is 52.3 Å². The van der Waals surface area contributed by atoms with Crippen LogP contribution in [0.25, 0.3) is 0 Å². The zero-order valence-electron chi connectivity index (χ0n) is 33.2. The lowest BCUT2D eigenvalue weighted by Crippen LogP contribution is -2.51. The number of allylic oxidation sites excluding steroid dienone is 1. The molecular formula is C43H64N2O8. The third kappa shape index (κ3) is 9.11. The summed E-state index contributed by atoms with van der Waals surface area (Å²) < 4.78 is 6.27. The second kappa shape index (κ2) is 16.8. The summed E-state index contributed by atoms with van der Waals surface area (Å²) in [7, 11) is 0. The number of carbonyl (C=O) groups excluding carboxylic acids is 7. The molecule has 2 aliphatic carbocycles. The van der Waals surface area contributed by atoms with Crippen LogP contribution in [0.4, 0.5) is 0 Å². The van der Waals surface area contributed by atoms with E-state index in [-0.39, 0.29) is 102 Å². The number of amides is 3. The Bertz CT molecular complexity index is 1440. The number of likely N-dealkylation sites (tertiary alicyclic amines) is 1. The van der Waals surface area contributed by atoms with Crippen molar-refractivity contribution in [2.45, 2.75) is 144 Å². The minimum atomic E-state index is -0.820. The average molecular weight is 737 g/mol. The number of nitrogens with zero attached hydrogens (tertiary/aromatic N) is 2. The highest BCUT2D eigenvalue weighted by Crippen LogP contribution is 2.65. The second-order valence-corrected chi connectivity index (χ2v) is 18.6. The number of hydrogen-bond acceptors (Lipinski definition) is 8.